The number of nitrogens with one attached hydrogen (secondary N) is 1. The monoisotopic (exact) mass is 540 g/mol. The predicted molar refractivity (Wildman–Crippen MR) is 150 cm³/mol. The first-order valence-electron chi connectivity index (χ1n) is 12.7. The minimum atomic E-state index is -0.754. The Kier molecular flexibility index (Phi) is 8.13. The summed E-state index contributed by atoms with van der Waals surface area (Å²) in [6, 6.07) is 27.2. The van der Waals surface area contributed by atoms with E-state index in [0.717, 1.165) is 11.1 Å². The zero-order valence-corrected chi connectivity index (χ0v) is 22.2. The standard InChI is InChI=1S/C31H28N2O5S/c1-2-12-23-20-39-30-26(32-25(34)19-37-24-17-10-5-11-18-24)29(35)33(30)27(23)31(36)38-28(21-13-6-3-7-14-21)22-15-8-4-9-16-22/h2-18,26,28,30H,19-20H2,1H3,(H,32,34)/b12-2-/t26?,30-/m1/s1. The van der Waals surface area contributed by atoms with Crippen molar-refractivity contribution in [2.45, 2.75) is 24.4 Å². The molecule has 0 saturated carbocycles. The lowest BCUT2D eigenvalue weighted by molar-refractivity contribution is -0.154. The number of thioether (sulfide) groups is 1. The van der Waals surface area contributed by atoms with Gasteiger partial charge < -0.3 is 14.8 Å². The van der Waals surface area contributed by atoms with E-state index in [1.165, 1.54) is 16.7 Å². The molecule has 1 unspecified atom stereocenters. The SMILES string of the molecule is C/C=C\C1=C(C(=O)OC(c2ccccc2)c2ccccc2)N2C(=O)C(NC(=O)COc3ccccc3)[C@H]2SC1. The average Bonchev–Trinajstić information content (AvgIpc) is 2.98. The highest BCUT2D eigenvalue weighted by Gasteiger charge is 2.54. The minimum Gasteiger partial charge on any atom is -0.484 e. The highest BCUT2D eigenvalue weighted by Crippen LogP contribution is 2.42. The van der Waals surface area contributed by atoms with Gasteiger partial charge in [0.25, 0.3) is 11.8 Å². The third kappa shape index (κ3) is 5.76. The van der Waals surface area contributed by atoms with Crippen molar-refractivity contribution in [3.05, 3.63) is 126 Å². The molecule has 0 radical (unpaired) electrons. The number of carbonyl (C=O) groups is 3. The van der Waals surface area contributed by atoms with Gasteiger partial charge in [-0.2, -0.15) is 0 Å². The number of amides is 2. The second-order valence-corrected chi connectivity index (χ2v) is 10.1. The van der Waals surface area contributed by atoms with Crippen LogP contribution in [0.4, 0.5) is 0 Å². The first kappa shape index (κ1) is 26.3. The van der Waals surface area contributed by atoms with Gasteiger partial charge in [0, 0.05) is 5.75 Å². The van der Waals surface area contributed by atoms with Crippen molar-refractivity contribution in [3.8, 4) is 5.75 Å². The van der Waals surface area contributed by atoms with E-state index in [9.17, 15) is 14.4 Å². The van der Waals surface area contributed by atoms with Gasteiger partial charge in [-0.25, -0.2) is 4.79 Å². The first-order chi connectivity index (χ1) is 19.1. The van der Waals surface area contributed by atoms with Crippen molar-refractivity contribution >= 4 is 29.5 Å². The molecule has 1 fully saturated rings. The largest absolute Gasteiger partial charge is 0.484 e. The number of β-lactam (4-membered cyclic amide) rings is 1. The van der Waals surface area contributed by atoms with Gasteiger partial charge >= 0.3 is 5.97 Å². The number of nitrogens with zero attached hydrogens (tertiary/aromatic N) is 1. The van der Waals surface area contributed by atoms with Crippen LogP contribution in [0.3, 0.4) is 0 Å². The third-order valence-corrected chi connectivity index (χ3v) is 7.72. The highest BCUT2D eigenvalue weighted by atomic mass is 32.2. The Hall–Kier alpha value is -4.30. The second kappa shape index (κ2) is 12.0. The average molecular weight is 541 g/mol. The normalized spacial score (nSPS) is 18.5. The van der Waals surface area contributed by atoms with E-state index in [1.54, 1.807) is 12.1 Å². The molecular formula is C31H28N2O5S. The molecule has 0 aliphatic carbocycles. The van der Waals surface area contributed by atoms with Gasteiger partial charge in [0.1, 0.15) is 22.9 Å². The molecule has 7 nitrogen and oxygen atoms in total. The van der Waals surface area contributed by atoms with Crippen molar-refractivity contribution in [1.29, 1.82) is 0 Å². The maximum absolute atomic E-state index is 13.7. The van der Waals surface area contributed by atoms with E-state index in [-0.39, 0.29) is 18.2 Å². The van der Waals surface area contributed by atoms with E-state index in [0.29, 0.717) is 17.1 Å². The van der Waals surface area contributed by atoms with Crippen LogP contribution in [0.1, 0.15) is 24.2 Å². The van der Waals surface area contributed by atoms with Gasteiger partial charge in [0.15, 0.2) is 12.7 Å². The molecular weight excluding hydrogens is 512 g/mol. The molecule has 3 aromatic rings. The van der Waals surface area contributed by atoms with E-state index in [4.69, 9.17) is 9.47 Å². The van der Waals surface area contributed by atoms with Crippen LogP contribution in [-0.2, 0) is 19.1 Å². The molecule has 5 rings (SSSR count). The number of para-hydroxylation sites is 1. The number of hydrogen-bond acceptors (Lipinski definition) is 6. The zero-order chi connectivity index (χ0) is 27.2. The van der Waals surface area contributed by atoms with Crippen LogP contribution >= 0.6 is 11.8 Å². The summed E-state index contributed by atoms with van der Waals surface area (Å²) in [6.07, 6.45) is 3.02. The Bertz CT molecular complexity index is 1350. The van der Waals surface area contributed by atoms with Gasteiger partial charge in [-0.3, -0.25) is 14.5 Å². The first-order valence-corrected chi connectivity index (χ1v) is 13.7. The van der Waals surface area contributed by atoms with Crippen LogP contribution in [0.25, 0.3) is 0 Å². The summed E-state index contributed by atoms with van der Waals surface area (Å²) in [5.41, 5.74) is 2.56. The molecule has 39 heavy (non-hydrogen) atoms. The van der Waals surface area contributed by atoms with Gasteiger partial charge in [0.05, 0.1) is 0 Å². The molecule has 2 heterocycles. The lowest BCUT2D eigenvalue weighted by Crippen LogP contribution is -2.70. The number of allylic oxidation sites excluding steroid dienone is 2. The molecule has 2 aliphatic rings. The summed E-state index contributed by atoms with van der Waals surface area (Å²) in [6.45, 7) is 1.65. The van der Waals surface area contributed by atoms with Crippen LogP contribution in [0.15, 0.2) is 114 Å². The molecule has 0 spiro atoms. The summed E-state index contributed by atoms with van der Waals surface area (Å²) in [5.74, 6) is -0.284. The molecule has 2 amide bonds. The summed E-state index contributed by atoms with van der Waals surface area (Å²) >= 11 is 1.49. The Labute approximate surface area is 231 Å². The quantitative estimate of drug-likeness (QED) is 0.315. The maximum Gasteiger partial charge on any atom is 0.356 e. The minimum absolute atomic E-state index is 0.213. The van der Waals surface area contributed by atoms with Gasteiger partial charge in [-0.1, -0.05) is 91.0 Å². The molecule has 3 aromatic carbocycles. The number of rotatable bonds is 9. The summed E-state index contributed by atoms with van der Waals surface area (Å²) in [5, 5.41) is 2.35. The molecule has 8 heteroatoms. The van der Waals surface area contributed by atoms with Crippen LogP contribution in [0.2, 0.25) is 0 Å². The van der Waals surface area contributed by atoms with Gasteiger partial charge in [0.2, 0.25) is 0 Å². The van der Waals surface area contributed by atoms with E-state index < -0.39 is 29.4 Å². The van der Waals surface area contributed by atoms with E-state index in [2.05, 4.69) is 5.32 Å². The number of hydrogen-bond donors (Lipinski definition) is 1. The lowest BCUT2D eigenvalue weighted by Gasteiger charge is -2.49. The van der Waals surface area contributed by atoms with E-state index in [1.807, 2.05) is 97.9 Å². The Balaban J connectivity index is 1.34. The summed E-state index contributed by atoms with van der Waals surface area (Å²) in [4.78, 5) is 41.0. The summed E-state index contributed by atoms with van der Waals surface area (Å²) in [7, 11) is 0. The molecule has 2 aliphatic heterocycles. The van der Waals surface area contributed by atoms with Crippen molar-refractivity contribution in [2.24, 2.45) is 0 Å². The molecule has 2 atom stereocenters. The van der Waals surface area contributed by atoms with Crippen LogP contribution in [0, 0.1) is 0 Å². The van der Waals surface area contributed by atoms with Crippen molar-refractivity contribution in [1.82, 2.24) is 10.2 Å². The number of carbonyl (C=O) groups excluding carboxylic acids is 3. The predicted octanol–water partition coefficient (Wildman–Crippen LogP) is 4.63. The van der Waals surface area contributed by atoms with Crippen LogP contribution in [0.5, 0.6) is 5.75 Å². The zero-order valence-electron chi connectivity index (χ0n) is 21.4. The Morgan fingerprint density at radius 3 is 2.15 bits per heavy atom. The van der Waals surface area contributed by atoms with Crippen LogP contribution < -0.4 is 10.1 Å². The molecule has 1 N–H and O–H groups in total. The van der Waals surface area contributed by atoms with Gasteiger partial charge in [-0.05, 0) is 35.8 Å². The topological polar surface area (TPSA) is 84.9 Å². The molecule has 1 saturated heterocycles. The van der Waals surface area contributed by atoms with Crippen LogP contribution in [-0.4, -0.2) is 46.5 Å². The lowest BCUT2D eigenvalue weighted by atomic mass is 10.0. The summed E-state index contributed by atoms with van der Waals surface area (Å²) < 4.78 is 11.6. The number of ether oxygens (including phenoxy) is 2. The second-order valence-electron chi connectivity index (χ2n) is 9.04. The fourth-order valence-corrected chi connectivity index (χ4v) is 5.91. The van der Waals surface area contributed by atoms with Crippen molar-refractivity contribution < 1.29 is 23.9 Å². The van der Waals surface area contributed by atoms with Crippen molar-refractivity contribution in [3.63, 3.8) is 0 Å². The fourth-order valence-electron chi connectivity index (χ4n) is 4.59. The molecule has 0 bridgehead atoms. The van der Waals surface area contributed by atoms with E-state index >= 15 is 0 Å². The Morgan fingerprint density at radius 1 is 0.974 bits per heavy atom. The smallest absolute Gasteiger partial charge is 0.356 e. The molecule has 0 aromatic heterocycles. The Morgan fingerprint density at radius 2 is 1.56 bits per heavy atom. The number of fused-ring (bicyclic) bond motifs is 1. The third-order valence-electron chi connectivity index (χ3n) is 6.42. The molecule has 198 valence electrons. The fraction of sp³-hybridized carbons (Fsp3) is 0.194. The number of benzene rings is 3. The highest BCUT2D eigenvalue weighted by molar-refractivity contribution is 8.00. The maximum atomic E-state index is 13.7. The van der Waals surface area contributed by atoms with Crippen molar-refractivity contribution in [2.75, 3.05) is 12.4 Å². The number of esters is 1. The van der Waals surface area contributed by atoms with Gasteiger partial charge in [-0.15, -0.1) is 11.8 Å².